The van der Waals surface area contributed by atoms with E-state index in [1.807, 2.05) is 42.5 Å². The van der Waals surface area contributed by atoms with Crippen LogP contribution in [0.2, 0.25) is 0 Å². The van der Waals surface area contributed by atoms with Crippen LogP contribution in [-0.2, 0) is 0 Å². The van der Waals surface area contributed by atoms with E-state index in [4.69, 9.17) is 4.74 Å². The number of aromatic nitrogens is 3. The lowest BCUT2D eigenvalue weighted by atomic mass is 10.1. The molecule has 25 heavy (non-hydrogen) atoms. The number of hydrogen-bond acceptors (Lipinski definition) is 4. The fourth-order valence-electron chi connectivity index (χ4n) is 2.69. The summed E-state index contributed by atoms with van der Waals surface area (Å²) in [6.45, 7) is 0. The third kappa shape index (κ3) is 2.92. The number of ether oxygens (including phenoxy) is 1. The second-order valence-electron chi connectivity index (χ2n) is 5.51. The minimum atomic E-state index is -0.343. The lowest BCUT2D eigenvalue weighted by Crippen LogP contribution is -1.95. The van der Waals surface area contributed by atoms with E-state index < -0.39 is 0 Å². The van der Waals surface area contributed by atoms with E-state index >= 15 is 0 Å². The van der Waals surface area contributed by atoms with E-state index in [1.165, 1.54) is 12.1 Å². The first kappa shape index (κ1) is 15.2. The highest BCUT2D eigenvalue weighted by Crippen LogP contribution is 2.30. The Kier molecular flexibility index (Phi) is 3.82. The first-order valence-corrected chi connectivity index (χ1v) is 7.78. The first-order chi connectivity index (χ1) is 12.2. The van der Waals surface area contributed by atoms with Crippen LogP contribution in [0.5, 0.6) is 5.75 Å². The van der Waals surface area contributed by atoms with E-state index in [9.17, 15) is 4.39 Å². The first-order valence-electron chi connectivity index (χ1n) is 7.78. The highest BCUT2D eigenvalue weighted by atomic mass is 19.1. The molecule has 4 rings (SSSR count). The van der Waals surface area contributed by atoms with Gasteiger partial charge in [0.25, 0.3) is 0 Å². The number of pyridine rings is 1. The molecule has 0 saturated heterocycles. The highest BCUT2D eigenvalue weighted by molar-refractivity contribution is 5.79. The van der Waals surface area contributed by atoms with Crippen LogP contribution < -0.4 is 4.74 Å². The molecule has 0 bridgehead atoms. The summed E-state index contributed by atoms with van der Waals surface area (Å²) < 4.78 is 19.0. The molecule has 0 aliphatic rings. The Morgan fingerprint density at radius 2 is 1.72 bits per heavy atom. The summed E-state index contributed by atoms with van der Waals surface area (Å²) in [6, 6.07) is 17.6. The maximum absolute atomic E-state index is 13.7. The number of nitrogens with zero attached hydrogens (tertiary/aromatic N) is 3. The van der Waals surface area contributed by atoms with Gasteiger partial charge in [-0.15, -0.1) is 0 Å². The van der Waals surface area contributed by atoms with Crippen LogP contribution in [0.25, 0.3) is 33.7 Å². The molecule has 2 aromatic heterocycles. The van der Waals surface area contributed by atoms with Crippen LogP contribution >= 0.6 is 0 Å². The minimum absolute atomic E-state index is 0.343. The number of halogens is 1. The minimum Gasteiger partial charge on any atom is -0.496 e. The van der Waals surface area contributed by atoms with Gasteiger partial charge in [-0.3, -0.25) is 0 Å². The zero-order valence-electron chi connectivity index (χ0n) is 13.5. The van der Waals surface area contributed by atoms with E-state index in [-0.39, 0.29) is 5.82 Å². The maximum Gasteiger partial charge on any atom is 0.178 e. The van der Waals surface area contributed by atoms with Crippen molar-refractivity contribution in [1.29, 1.82) is 0 Å². The van der Waals surface area contributed by atoms with Crippen molar-refractivity contribution in [1.82, 2.24) is 15.0 Å². The Morgan fingerprint density at radius 3 is 2.60 bits per heavy atom. The maximum atomic E-state index is 13.7. The number of rotatable bonds is 3. The number of para-hydroxylation sites is 1. The molecule has 0 spiro atoms. The molecule has 0 radical (unpaired) electrons. The Hall–Kier alpha value is -3.34. The molecule has 0 atom stereocenters. The lowest BCUT2D eigenvalue weighted by Gasteiger charge is -2.09. The van der Waals surface area contributed by atoms with Gasteiger partial charge in [0.15, 0.2) is 5.82 Å². The van der Waals surface area contributed by atoms with Crippen LogP contribution in [0.1, 0.15) is 0 Å². The van der Waals surface area contributed by atoms with E-state index in [2.05, 4.69) is 15.0 Å². The van der Waals surface area contributed by atoms with E-state index in [1.54, 1.807) is 19.4 Å². The second-order valence-corrected chi connectivity index (χ2v) is 5.51. The van der Waals surface area contributed by atoms with Gasteiger partial charge >= 0.3 is 0 Å². The third-order valence-electron chi connectivity index (χ3n) is 3.90. The van der Waals surface area contributed by atoms with Gasteiger partial charge in [0.05, 0.1) is 18.3 Å². The van der Waals surface area contributed by atoms with Crippen molar-refractivity contribution < 1.29 is 9.13 Å². The van der Waals surface area contributed by atoms with Crippen molar-refractivity contribution in [2.75, 3.05) is 7.11 Å². The molecule has 0 aliphatic heterocycles. The summed E-state index contributed by atoms with van der Waals surface area (Å²) in [4.78, 5) is 13.6. The summed E-state index contributed by atoms with van der Waals surface area (Å²) >= 11 is 0. The Bertz CT molecular complexity index is 1070. The average Bonchev–Trinajstić information content (AvgIpc) is 2.67. The van der Waals surface area contributed by atoms with Crippen molar-refractivity contribution in [3.05, 3.63) is 72.7 Å². The van der Waals surface area contributed by atoms with Crippen LogP contribution in [0, 0.1) is 5.82 Å². The Labute approximate surface area is 144 Å². The number of benzene rings is 2. The molecule has 0 amide bonds. The van der Waals surface area contributed by atoms with Gasteiger partial charge in [-0.25, -0.2) is 19.3 Å². The van der Waals surface area contributed by atoms with Gasteiger partial charge in [-0.05, 0) is 36.4 Å². The van der Waals surface area contributed by atoms with Crippen LogP contribution in [-0.4, -0.2) is 22.1 Å². The number of methoxy groups -OCH3 is 1. The van der Waals surface area contributed by atoms with Gasteiger partial charge in [-0.2, -0.15) is 0 Å². The zero-order valence-corrected chi connectivity index (χ0v) is 13.5. The quantitative estimate of drug-likeness (QED) is 0.554. The van der Waals surface area contributed by atoms with Crippen LogP contribution in [0.4, 0.5) is 4.39 Å². The second kappa shape index (κ2) is 6.28. The van der Waals surface area contributed by atoms with Crippen molar-refractivity contribution >= 4 is 10.9 Å². The average molecular weight is 331 g/mol. The lowest BCUT2D eigenvalue weighted by molar-refractivity contribution is 0.415. The van der Waals surface area contributed by atoms with Gasteiger partial charge in [-0.1, -0.05) is 24.3 Å². The fourth-order valence-corrected chi connectivity index (χ4v) is 2.69. The van der Waals surface area contributed by atoms with Gasteiger partial charge in [0, 0.05) is 17.1 Å². The largest absolute Gasteiger partial charge is 0.496 e. The predicted octanol–water partition coefficient (Wildman–Crippen LogP) is 4.51. The topological polar surface area (TPSA) is 47.9 Å². The molecule has 5 heteroatoms. The summed E-state index contributed by atoms with van der Waals surface area (Å²) in [5.74, 6) is 0.742. The zero-order chi connectivity index (χ0) is 17.2. The summed E-state index contributed by atoms with van der Waals surface area (Å²) in [5.41, 5.74) is 2.66. The normalized spacial score (nSPS) is 10.8. The smallest absolute Gasteiger partial charge is 0.178 e. The molecule has 2 heterocycles. The summed E-state index contributed by atoms with van der Waals surface area (Å²) in [6.07, 6.45) is 1.77. The predicted molar refractivity (Wildman–Crippen MR) is 94.7 cm³/mol. The van der Waals surface area contributed by atoms with E-state index in [0.717, 1.165) is 10.9 Å². The molecular weight excluding hydrogens is 317 g/mol. The van der Waals surface area contributed by atoms with Gasteiger partial charge < -0.3 is 4.74 Å². The molecule has 0 aliphatic carbocycles. The fraction of sp³-hybridized carbons (Fsp3) is 0.0500. The molecule has 122 valence electrons. The SMILES string of the molecule is COc1ccc(F)cc1-c1cccc(-c2ncc3ccccc3n2)n1. The number of hydrogen-bond donors (Lipinski definition) is 0. The Balaban J connectivity index is 1.82. The molecule has 0 N–H and O–H groups in total. The standard InChI is InChI=1S/C20H14FN3O/c1-25-19-10-9-14(21)11-15(19)17-7-4-8-18(23-17)20-22-12-13-5-2-3-6-16(13)24-20/h2-12H,1H3. The van der Waals surface area contributed by atoms with Gasteiger partial charge in [0.2, 0.25) is 0 Å². The van der Waals surface area contributed by atoms with Crippen molar-refractivity contribution in [3.63, 3.8) is 0 Å². The molecule has 0 fully saturated rings. The molecule has 4 aromatic rings. The monoisotopic (exact) mass is 331 g/mol. The van der Waals surface area contributed by atoms with Crippen molar-refractivity contribution in [2.45, 2.75) is 0 Å². The molecule has 0 saturated carbocycles. The van der Waals surface area contributed by atoms with Crippen LogP contribution in [0.15, 0.2) is 66.9 Å². The summed E-state index contributed by atoms with van der Waals surface area (Å²) in [7, 11) is 1.55. The van der Waals surface area contributed by atoms with Crippen LogP contribution in [0.3, 0.4) is 0 Å². The third-order valence-corrected chi connectivity index (χ3v) is 3.90. The van der Waals surface area contributed by atoms with Crippen molar-refractivity contribution in [2.24, 2.45) is 0 Å². The molecule has 0 unspecified atom stereocenters. The number of fused-ring (bicyclic) bond motifs is 1. The Morgan fingerprint density at radius 1 is 0.880 bits per heavy atom. The molecular formula is C20H14FN3O. The molecule has 2 aromatic carbocycles. The van der Waals surface area contributed by atoms with E-state index in [0.29, 0.717) is 28.5 Å². The molecule has 4 nitrogen and oxygen atoms in total. The van der Waals surface area contributed by atoms with Gasteiger partial charge in [0.1, 0.15) is 17.3 Å². The summed E-state index contributed by atoms with van der Waals surface area (Å²) in [5, 5.41) is 0.967. The highest BCUT2D eigenvalue weighted by Gasteiger charge is 2.11. The van der Waals surface area contributed by atoms with Crippen molar-refractivity contribution in [3.8, 4) is 28.5 Å².